The molecule has 1 saturated heterocycles. The molecule has 32 heavy (non-hydrogen) atoms. The van der Waals surface area contributed by atoms with Gasteiger partial charge in [-0.05, 0) is 33.6 Å². The topological polar surface area (TPSA) is 123 Å². The fraction of sp³-hybridized carbons (Fsp3) is 0.667. The van der Waals surface area contributed by atoms with Crippen LogP contribution in [0.1, 0.15) is 58.5 Å². The zero-order chi connectivity index (χ0) is 23.5. The van der Waals surface area contributed by atoms with Crippen molar-refractivity contribution in [2.45, 2.75) is 71.8 Å². The molecule has 2 aliphatic heterocycles. The number of carbonyl (C=O) groups excluding carboxylic acids is 4. The minimum Gasteiger partial charge on any atom is -0.457 e. The zero-order valence-corrected chi connectivity index (χ0v) is 19.0. The molecular formula is C21H31N5O6. The molecule has 1 aromatic heterocycles. The number of carbonyl (C=O) groups is 4. The van der Waals surface area contributed by atoms with Crippen molar-refractivity contribution in [1.29, 1.82) is 0 Å². The number of imidazole rings is 1. The highest BCUT2D eigenvalue weighted by atomic mass is 16.6. The van der Waals surface area contributed by atoms with Crippen LogP contribution in [0, 0.1) is 0 Å². The lowest BCUT2D eigenvalue weighted by Gasteiger charge is -2.36. The Labute approximate surface area is 187 Å². The molecule has 0 spiro atoms. The number of likely N-dealkylation sites (tertiary alicyclic amines) is 1. The number of hydrogen-bond donors (Lipinski definition) is 1. The first kappa shape index (κ1) is 23.6. The zero-order valence-electron chi connectivity index (χ0n) is 19.0. The van der Waals surface area contributed by atoms with E-state index in [0.29, 0.717) is 38.3 Å². The average Bonchev–Trinajstić information content (AvgIpc) is 3.25. The van der Waals surface area contributed by atoms with Crippen LogP contribution in [0.5, 0.6) is 0 Å². The molecule has 1 N–H and O–H groups in total. The highest BCUT2D eigenvalue weighted by Gasteiger charge is 2.37. The summed E-state index contributed by atoms with van der Waals surface area (Å²) < 4.78 is 12.1. The fourth-order valence-corrected chi connectivity index (χ4v) is 3.78. The molecule has 2 aliphatic rings. The molecule has 0 atom stereocenters. The lowest BCUT2D eigenvalue weighted by Crippen LogP contribution is -2.48. The van der Waals surface area contributed by atoms with E-state index in [4.69, 9.17) is 9.47 Å². The number of esters is 1. The number of rotatable bonds is 6. The summed E-state index contributed by atoms with van der Waals surface area (Å²) in [7, 11) is 0. The Bertz CT molecular complexity index is 882. The Morgan fingerprint density at radius 1 is 1.22 bits per heavy atom. The Kier molecular flexibility index (Phi) is 7.05. The molecule has 3 heterocycles. The number of piperidine rings is 1. The number of nitrogens with zero attached hydrogens (tertiary/aromatic N) is 4. The number of aromatic nitrogens is 2. The minimum absolute atomic E-state index is 0.00847. The van der Waals surface area contributed by atoms with E-state index in [-0.39, 0.29) is 43.6 Å². The van der Waals surface area contributed by atoms with Gasteiger partial charge in [0, 0.05) is 32.6 Å². The molecule has 11 nitrogen and oxygen atoms in total. The average molecular weight is 450 g/mol. The Morgan fingerprint density at radius 3 is 2.53 bits per heavy atom. The summed E-state index contributed by atoms with van der Waals surface area (Å²) in [6, 6.07) is -0.188. The number of fused-ring (bicyclic) bond motifs is 1. The molecular weight excluding hydrogens is 418 g/mol. The maximum absolute atomic E-state index is 13.0. The van der Waals surface area contributed by atoms with E-state index in [2.05, 4.69) is 10.3 Å². The van der Waals surface area contributed by atoms with Gasteiger partial charge in [0.25, 0.3) is 0 Å². The predicted molar refractivity (Wildman–Crippen MR) is 112 cm³/mol. The first-order valence-electron chi connectivity index (χ1n) is 10.8. The molecule has 0 aromatic carbocycles. The standard InChI is InChI=1S/C21H31N5O6/c1-14(27)22-8-5-18(28)31-13-17-23-11-16-12-25(19(29)26(16)17)15-6-9-24(10-7-15)20(30)32-21(2,3)4/h11,15H,5-10,12-13H2,1-4H3,(H,22,27). The molecule has 176 valence electrons. The fourth-order valence-electron chi connectivity index (χ4n) is 3.78. The number of hydrogen-bond acceptors (Lipinski definition) is 7. The summed E-state index contributed by atoms with van der Waals surface area (Å²) in [4.78, 5) is 55.7. The molecule has 0 aliphatic carbocycles. The lowest BCUT2D eigenvalue weighted by molar-refractivity contribution is -0.145. The molecule has 3 rings (SSSR count). The van der Waals surface area contributed by atoms with E-state index in [1.165, 1.54) is 11.5 Å². The summed E-state index contributed by atoms with van der Waals surface area (Å²) in [5.41, 5.74) is 0.202. The number of amides is 3. The van der Waals surface area contributed by atoms with Gasteiger partial charge in [0.1, 0.15) is 12.2 Å². The highest BCUT2D eigenvalue weighted by molar-refractivity contribution is 5.81. The third-order valence-corrected chi connectivity index (χ3v) is 5.30. The molecule has 1 aromatic rings. The molecule has 3 amide bonds. The highest BCUT2D eigenvalue weighted by Crippen LogP contribution is 2.27. The van der Waals surface area contributed by atoms with Gasteiger partial charge in [-0.2, -0.15) is 0 Å². The molecule has 0 bridgehead atoms. The van der Waals surface area contributed by atoms with Crippen LogP contribution in [0.3, 0.4) is 0 Å². The molecule has 0 radical (unpaired) electrons. The van der Waals surface area contributed by atoms with Gasteiger partial charge in [-0.1, -0.05) is 0 Å². The summed E-state index contributed by atoms with van der Waals surface area (Å²) in [5, 5.41) is 2.53. The summed E-state index contributed by atoms with van der Waals surface area (Å²) in [6.07, 6.45) is 2.66. The number of ether oxygens (including phenoxy) is 2. The van der Waals surface area contributed by atoms with Crippen molar-refractivity contribution in [2.24, 2.45) is 0 Å². The molecule has 0 saturated carbocycles. The third kappa shape index (κ3) is 5.77. The van der Waals surface area contributed by atoms with Gasteiger partial charge in [-0.3, -0.25) is 9.59 Å². The van der Waals surface area contributed by atoms with Gasteiger partial charge >= 0.3 is 18.1 Å². The number of nitrogens with one attached hydrogen (secondary N) is 1. The van der Waals surface area contributed by atoms with Crippen LogP contribution in [-0.2, 0) is 32.2 Å². The SMILES string of the molecule is CC(=O)NCCC(=O)OCc1ncc2n1C(=O)N(C1CCN(C(=O)OC(C)(C)C)CC1)C2. The second kappa shape index (κ2) is 9.58. The Hall–Kier alpha value is -3.11. The van der Waals surface area contributed by atoms with E-state index < -0.39 is 11.6 Å². The van der Waals surface area contributed by atoms with Crippen molar-refractivity contribution in [1.82, 2.24) is 24.7 Å². The van der Waals surface area contributed by atoms with Crippen molar-refractivity contribution < 1.29 is 28.7 Å². The Morgan fingerprint density at radius 2 is 1.91 bits per heavy atom. The first-order valence-corrected chi connectivity index (χ1v) is 10.8. The van der Waals surface area contributed by atoms with Crippen LogP contribution < -0.4 is 5.32 Å². The van der Waals surface area contributed by atoms with Gasteiger partial charge < -0.3 is 24.6 Å². The van der Waals surface area contributed by atoms with Crippen LogP contribution in [0.4, 0.5) is 9.59 Å². The maximum atomic E-state index is 13.0. The second-order valence-corrected chi connectivity index (χ2v) is 9.00. The Balaban J connectivity index is 1.51. The van der Waals surface area contributed by atoms with E-state index in [0.717, 1.165) is 5.69 Å². The van der Waals surface area contributed by atoms with Crippen LogP contribution in [-0.4, -0.2) is 74.6 Å². The van der Waals surface area contributed by atoms with Crippen molar-refractivity contribution in [3.8, 4) is 0 Å². The quantitative estimate of drug-likeness (QED) is 0.655. The second-order valence-electron chi connectivity index (χ2n) is 9.00. The molecule has 1 fully saturated rings. The van der Waals surface area contributed by atoms with E-state index in [1.807, 2.05) is 20.8 Å². The molecule has 0 unspecified atom stereocenters. The molecule has 11 heteroatoms. The van der Waals surface area contributed by atoms with E-state index in [1.54, 1.807) is 16.0 Å². The summed E-state index contributed by atoms with van der Waals surface area (Å²) in [5.74, 6) is -0.328. The smallest absolute Gasteiger partial charge is 0.410 e. The van der Waals surface area contributed by atoms with Gasteiger partial charge in [0.2, 0.25) is 5.91 Å². The van der Waals surface area contributed by atoms with Crippen molar-refractivity contribution in [2.75, 3.05) is 19.6 Å². The van der Waals surface area contributed by atoms with Gasteiger partial charge in [-0.25, -0.2) is 19.1 Å². The predicted octanol–water partition coefficient (Wildman–Crippen LogP) is 1.64. The van der Waals surface area contributed by atoms with Crippen LogP contribution in [0.2, 0.25) is 0 Å². The van der Waals surface area contributed by atoms with E-state index in [9.17, 15) is 19.2 Å². The van der Waals surface area contributed by atoms with Crippen molar-refractivity contribution in [3.63, 3.8) is 0 Å². The minimum atomic E-state index is -0.542. The van der Waals surface area contributed by atoms with Crippen LogP contribution >= 0.6 is 0 Å². The summed E-state index contributed by atoms with van der Waals surface area (Å²) >= 11 is 0. The van der Waals surface area contributed by atoms with Gasteiger partial charge in [0.15, 0.2) is 5.82 Å². The van der Waals surface area contributed by atoms with E-state index >= 15 is 0 Å². The normalized spacial score (nSPS) is 16.7. The van der Waals surface area contributed by atoms with Gasteiger partial charge in [0.05, 0.1) is 24.9 Å². The van der Waals surface area contributed by atoms with Crippen molar-refractivity contribution in [3.05, 3.63) is 17.7 Å². The third-order valence-electron chi connectivity index (χ3n) is 5.30. The van der Waals surface area contributed by atoms with Crippen LogP contribution in [0.25, 0.3) is 0 Å². The monoisotopic (exact) mass is 449 g/mol. The largest absolute Gasteiger partial charge is 0.457 e. The lowest BCUT2D eigenvalue weighted by atomic mass is 10.0. The maximum Gasteiger partial charge on any atom is 0.410 e. The summed E-state index contributed by atoms with van der Waals surface area (Å²) in [6.45, 7) is 8.43. The van der Waals surface area contributed by atoms with Gasteiger partial charge in [-0.15, -0.1) is 0 Å². The van der Waals surface area contributed by atoms with Crippen molar-refractivity contribution >= 4 is 24.0 Å². The van der Waals surface area contributed by atoms with Crippen LogP contribution in [0.15, 0.2) is 6.20 Å². The first-order chi connectivity index (χ1) is 15.0.